The number of piperidine rings is 1. The van der Waals surface area contributed by atoms with Crippen molar-refractivity contribution in [3.8, 4) is 16.9 Å². The van der Waals surface area contributed by atoms with Gasteiger partial charge in [-0.1, -0.05) is 30.3 Å². The lowest BCUT2D eigenvalue weighted by atomic mass is 9.90. The van der Waals surface area contributed by atoms with Crippen LogP contribution in [0, 0.1) is 0 Å². The Bertz CT molecular complexity index is 983. The first-order valence-electron chi connectivity index (χ1n) is 9.62. The smallest absolute Gasteiger partial charge is 0.416 e. The highest BCUT2D eigenvalue weighted by Crippen LogP contribution is 2.36. The van der Waals surface area contributed by atoms with Crippen molar-refractivity contribution in [1.82, 2.24) is 15.1 Å². The summed E-state index contributed by atoms with van der Waals surface area (Å²) in [6, 6.07) is 12.7. The van der Waals surface area contributed by atoms with Crippen LogP contribution in [-0.4, -0.2) is 33.3 Å². The summed E-state index contributed by atoms with van der Waals surface area (Å²) in [5.74, 6) is 0.419. The molecular weight excluding hydrogens is 379 g/mol. The van der Waals surface area contributed by atoms with E-state index in [9.17, 15) is 18.3 Å². The molecule has 4 nitrogen and oxygen atoms in total. The van der Waals surface area contributed by atoms with Crippen LogP contribution < -0.4 is 0 Å². The Balaban J connectivity index is 1.56. The molecule has 1 saturated heterocycles. The van der Waals surface area contributed by atoms with E-state index in [1.807, 2.05) is 12.1 Å². The maximum atomic E-state index is 13.1. The van der Waals surface area contributed by atoms with Gasteiger partial charge in [0.2, 0.25) is 0 Å². The average molecular weight is 401 g/mol. The van der Waals surface area contributed by atoms with E-state index in [2.05, 4.69) is 15.1 Å². The van der Waals surface area contributed by atoms with Crippen LogP contribution in [0.4, 0.5) is 13.2 Å². The Hall–Kier alpha value is -2.80. The van der Waals surface area contributed by atoms with Gasteiger partial charge >= 0.3 is 6.18 Å². The first kappa shape index (κ1) is 19.5. The fourth-order valence-corrected chi connectivity index (χ4v) is 4.02. The van der Waals surface area contributed by atoms with Gasteiger partial charge in [-0.3, -0.25) is 10.00 Å². The monoisotopic (exact) mass is 401 g/mol. The molecule has 2 N–H and O–H groups in total. The van der Waals surface area contributed by atoms with Gasteiger partial charge in [-0.25, -0.2) is 0 Å². The second kappa shape index (κ2) is 7.91. The minimum atomic E-state index is -4.38. The van der Waals surface area contributed by atoms with Crippen molar-refractivity contribution in [2.45, 2.75) is 31.5 Å². The van der Waals surface area contributed by atoms with Crippen LogP contribution in [-0.2, 0) is 12.7 Å². The quantitative estimate of drug-likeness (QED) is 0.633. The van der Waals surface area contributed by atoms with Crippen LogP contribution in [0.1, 0.15) is 35.6 Å². The molecule has 0 bridgehead atoms. The molecule has 0 saturated carbocycles. The number of aromatic amines is 1. The Labute approximate surface area is 167 Å². The third-order valence-corrected chi connectivity index (χ3v) is 5.47. The number of benzene rings is 2. The predicted molar refractivity (Wildman–Crippen MR) is 104 cm³/mol. The van der Waals surface area contributed by atoms with Crippen LogP contribution in [0.2, 0.25) is 0 Å². The fraction of sp³-hybridized carbons (Fsp3) is 0.318. The molecule has 0 amide bonds. The Morgan fingerprint density at radius 2 is 1.97 bits per heavy atom. The van der Waals surface area contributed by atoms with Gasteiger partial charge < -0.3 is 5.11 Å². The lowest BCUT2D eigenvalue weighted by Crippen LogP contribution is -2.34. The van der Waals surface area contributed by atoms with Gasteiger partial charge in [0.15, 0.2) is 0 Å². The number of phenolic OH excluding ortho intramolecular Hbond substituents is 1. The molecular formula is C22H22F3N3O. The van der Waals surface area contributed by atoms with E-state index in [4.69, 9.17) is 0 Å². The number of hydrogen-bond acceptors (Lipinski definition) is 3. The van der Waals surface area contributed by atoms with Crippen molar-refractivity contribution in [3.63, 3.8) is 0 Å². The number of nitrogens with one attached hydrogen (secondary N) is 1. The summed E-state index contributed by atoms with van der Waals surface area (Å²) in [4.78, 5) is 2.26. The Morgan fingerprint density at radius 1 is 1.14 bits per heavy atom. The van der Waals surface area contributed by atoms with Crippen molar-refractivity contribution in [3.05, 3.63) is 71.5 Å². The zero-order valence-corrected chi connectivity index (χ0v) is 15.8. The minimum Gasteiger partial charge on any atom is -0.508 e. The van der Waals surface area contributed by atoms with Gasteiger partial charge in [0.25, 0.3) is 0 Å². The van der Waals surface area contributed by atoms with Crippen molar-refractivity contribution in [1.29, 1.82) is 0 Å². The van der Waals surface area contributed by atoms with Gasteiger partial charge in [0, 0.05) is 35.8 Å². The van der Waals surface area contributed by atoms with Crippen molar-refractivity contribution in [2.75, 3.05) is 13.1 Å². The second-order valence-electron chi connectivity index (χ2n) is 7.48. The third-order valence-electron chi connectivity index (χ3n) is 5.47. The lowest BCUT2D eigenvalue weighted by Gasteiger charge is -2.32. The molecule has 29 heavy (non-hydrogen) atoms. The van der Waals surface area contributed by atoms with Crippen molar-refractivity contribution in [2.24, 2.45) is 0 Å². The molecule has 2 heterocycles. The van der Waals surface area contributed by atoms with Crippen LogP contribution in [0.25, 0.3) is 11.1 Å². The number of likely N-dealkylation sites (tertiary alicyclic amines) is 1. The van der Waals surface area contributed by atoms with E-state index < -0.39 is 11.7 Å². The van der Waals surface area contributed by atoms with Crippen molar-refractivity contribution < 1.29 is 18.3 Å². The predicted octanol–water partition coefficient (Wildman–Crippen LogP) is 5.18. The maximum absolute atomic E-state index is 13.1. The first-order valence-corrected chi connectivity index (χ1v) is 9.62. The van der Waals surface area contributed by atoms with E-state index in [-0.39, 0.29) is 11.7 Å². The molecule has 3 aromatic rings. The van der Waals surface area contributed by atoms with Crippen LogP contribution in [0.3, 0.4) is 0 Å². The summed E-state index contributed by atoms with van der Waals surface area (Å²) in [6.07, 6.45) is -0.864. The Kier molecular flexibility index (Phi) is 5.32. The normalized spacial score (nSPS) is 18.1. The maximum Gasteiger partial charge on any atom is 0.416 e. The topological polar surface area (TPSA) is 52.1 Å². The minimum absolute atomic E-state index is 0.140. The number of phenols is 1. The molecule has 1 atom stereocenters. The van der Waals surface area contributed by atoms with E-state index in [0.717, 1.165) is 43.3 Å². The van der Waals surface area contributed by atoms with E-state index >= 15 is 0 Å². The number of aromatic nitrogens is 2. The summed E-state index contributed by atoms with van der Waals surface area (Å²) in [5, 5.41) is 17.2. The van der Waals surface area contributed by atoms with Gasteiger partial charge in [0.05, 0.1) is 11.8 Å². The highest BCUT2D eigenvalue weighted by Gasteiger charge is 2.31. The van der Waals surface area contributed by atoms with Gasteiger partial charge in [-0.15, -0.1) is 0 Å². The molecule has 2 aromatic carbocycles. The number of H-pyrrole nitrogens is 1. The summed E-state index contributed by atoms with van der Waals surface area (Å²) < 4.78 is 39.3. The summed E-state index contributed by atoms with van der Waals surface area (Å²) in [7, 11) is 0. The highest BCUT2D eigenvalue weighted by molar-refractivity contribution is 5.66. The number of rotatable bonds is 4. The molecule has 152 valence electrons. The number of para-hydroxylation sites is 1. The summed E-state index contributed by atoms with van der Waals surface area (Å²) in [6.45, 7) is 2.30. The van der Waals surface area contributed by atoms with E-state index in [1.54, 1.807) is 24.4 Å². The zero-order chi connectivity index (χ0) is 20.4. The number of hydrogen-bond donors (Lipinski definition) is 2. The molecule has 0 aliphatic carbocycles. The largest absolute Gasteiger partial charge is 0.508 e. The molecule has 4 rings (SSSR count). The second-order valence-corrected chi connectivity index (χ2v) is 7.48. The lowest BCUT2D eigenvalue weighted by molar-refractivity contribution is -0.137. The zero-order valence-electron chi connectivity index (χ0n) is 15.8. The molecule has 1 aromatic heterocycles. The van der Waals surface area contributed by atoms with E-state index in [0.29, 0.717) is 17.7 Å². The standard InChI is InChI=1S/C22H22F3N3O/c23-22(24,25)18-8-3-6-15(11-18)19-12-26-27-21(19)17-7-4-10-28(14-17)13-16-5-1-2-9-20(16)29/h1-3,5-6,8-9,11-12,17,29H,4,7,10,13-14H2,(H,26,27). The third kappa shape index (κ3) is 4.29. The van der Waals surface area contributed by atoms with Crippen LogP contribution in [0.5, 0.6) is 5.75 Å². The van der Waals surface area contributed by atoms with E-state index in [1.165, 1.54) is 12.1 Å². The molecule has 1 fully saturated rings. The number of alkyl halides is 3. The number of nitrogens with zero attached hydrogens (tertiary/aromatic N) is 2. The summed E-state index contributed by atoms with van der Waals surface area (Å²) >= 11 is 0. The molecule has 1 aliphatic rings. The molecule has 1 unspecified atom stereocenters. The number of halogens is 3. The van der Waals surface area contributed by atoms with Gasteiger partial charge in [0.1, 0.15) is 5.75 Å². The average Bonchev–Trinajstić information content (AvgIpc) is 3.19. The first-order chi connectivity index (χ1) is 13.9. The van der Waals surface area contributed by atoms with Crippen molar-refractivity contribution >= 4 is 0 Å². The molecule has 1 aliphatic heterocycles. The molecule has 0 spiro atoms. The molecule has 0 radical (unpaired) electrons. The Morgan fingerprint density at radius 3 is 2.76 bits per heavy atom. The number of aromatic hydroxyl groups is 1. The van der Waals surface area contributed by atoms with Gasteiger partial charge in [-0.05, 0) is 43.1 Å². The fourth-order valence-electron chi connectivity index (χ4n) is 4.02. The SMILES string of the molecule is Oc1ccccc1CN1CCCC(c2[nH]ncc2-c2cccc(C(F)(F)F)c2)C1. The summed E-state index contributed by atoms with van der Waals surface area (Å²) in [5.41, 5.74) is 2.31. The van der Waals surface area contributed by atoms with Crippen LogP contribution in [0.15, 0.2) is 54.7 Å². The molecule has 7 heteroatoms. The van der Waals surface area contributed by atoms with Crippen LogP contribution >= 0.6 is 0 Å². The van der Waals surface area contributed by atoms with Gasteiger partial charge in [-0.2, -0.15) is 18.3 Å². The highest BCUT2D eigenvalue weighted by atomic mass is 19.4.